The van der Waals surface area contributed by atoms with Gasteiger partial charge in [0, 0.05) is 0 Å². The van der Waals surface area contributed by atoms with E-state index in [9.17, 15) is 35.3 Å². The molecule has 0 atom stereocenters. The molecule has 0 spiro atoms. The van der Waals surface area contributed by atoms with Crippen LogP contribution in [0.1, 0.15) is 27.2 Å². The van der Waals surface area contributed by atoms with Crippen molar-refractivity contribution in [3.05, 3.63) is 0 Å². The van der Waals surface area contributed by atoms with E-state index in [1.807, 2.05) is 0 Å². The number of hydrogen-bond acceptors (Lipinski definition) is 6. The Hall–Kier alpha value is -0.940. The summed E-state index contributed by atoms with van der Waals surface area (Å²) in [5.74, 6) is -0.764. The summed E-state index contributed by atoms with van der Waals surface area (Å²) in [7, 11) is -6.61. The summed E-state index contributed by atoms with van der Waals surface area (Å²) in [5.41, 5.74) is -0.898. The van der Waals surface area contributed by atoms with E-state index in [1.54, 1.807) is 6.92 Å². The average molecular weight is 339 g/mol. The van der Waals surface area contributed by atoms with Crippen LogP contribution in [0.15, 0.2) is 0 Å². The first-order chi connectivity index (χ1) is 9.19. The van der Waals surface area contributed by atoms with E-state index in [-0.39, 0.29) is 0 Å². The Bertz CT molecular complexity index is 474. The van der Waals surface area contributed by atoms with Crippen LogP contribution in [-0.2, 0) is 24.4 Å². The molecule has 0 amide bonds. The lowest BCUT2D eigenvalue weighted by molar-refractivity contribution is -0.320. The summed E-state index contributed by atoms with van der Waals surface area (Å²) in [5, 5.41) is -5.92. The van der Waals surface area contributed by atoms with Gasteiger partial charge in [-0.25, -0.2) is 8.42 Å². The first kappa shape index (κ1) is 20.1. The van der Waals surface area contributed by atoms with Gasteiger partial charge in [0.25, 0.3) is 0 Å². The van der Waals surface area contributed by atoms with Crippen LogP contribution >= 0.6 is 0 Å². The van der Waals surface area contributed by atoms with Gasteiger partial charge in [0.05, 0.1) is 12.0 Å². The predicted octanol–water partition coefficient (Wildman–Crippen LogP) is 1.71. The van der Waals surface area contributed by atoms with Crippen molar-refractivity contribution >= 4 is 16.1 Å². The Kier molecular flexibility index (Phi) is 6.16. The summed E-state index contributed by atoms with van der Waals surface area (Å²) >= 11 is 0. The van der Waals surface area contributed by atoms with Crippen LogP contribution in [0.3, 0.4) is 0 Å². The first-order valence-corrected chi connectivity index (χ1v) is 7.12. The zero-order chi connectivity index (χ0) is 17.1. The Balaban J connectivity index is 4.52. The van der Waals surface area contributed by atoms with Crippen LogP contribution in [0, 0.1) is 5.41 Å². The molecular formula is C10H15F4O6S-. The summed E-state index contributed by atoms with van der Waals surface area (Å²) in [6, 6.07) is 0. The number of carbonyl (C=O) groups is 1. The van der Waals surface area contributed by atoms with E-state index in [0.29, 0.717) is 6.42 Å². The van der Waals surface area contributed by atoms with E-state index >= 15 is 0 Å². The van der Waals surface area contributed by atoms with Crippen molar-refractivity contribution in [2.24, 2.45) is 5.41 Å². The van der Waals surface area contributed by atoms with Crippen LogP contribution in [0.2, 0.25) is 0 Å². The third-order valence-corrected chi connectivity index (χ3v) is 3.55. The Morgan fingerprint density at radius 2 is 1.62 bits per heavy atom. The molecule has 6 nitrogen and oxygen atoms in total. The molecule has 0 saturated heterocycles. The van der Waals surface area contributed by atoms with Crippen LogP contribution in [0.4, 0.5) is 17.6 Å². The highest BCUT2D eigenvalue weighted by Gasteiger charge is 2.63. The molecule has 0 rings (SSSR count). The van der Waals surface area contributed by atoms with Crippen molar-refractivity contribution in [1.82, 2.24) is 0 Å². The van der Waals surface area contributed by atoms with E-state index in [2.05, 4.69) is 9.47 Å². The number of ether oxygens (including phenoxy) is 2. The van der Waals surface area contributed by atoms with Crippen molar-refractivity contribution in [3.63, 3.8) is 0 Å². The van der Waals surface area contributed by atoms with Gasteiger partial charge in [-0.05, 0) is 20.3 Å². The zero-order valence-electron chi connectivity index (χ0n) is 11.5. The van der Waals surface area contributed by atoms with Crippen molar-refractivity contribution in [1.29, 1.82) is 0 Å². The van der Waals surface area contributed by atoms with Gasteiger partial charge in [-0.1, -0.05) is 6.92 Å². The minimum Gasteiger partial charge on any atom is -0.743 e. The average Bonchev–Trinajstić information content (AvgIpc) is 2.32. The van der Waals surface area contributed by atoms with E-state index < -0.39 is 46.1 Å². The zero-order valence-corrected chi connectivity index (χ0v) is 12.3. The fourth-order valence-corrected chi connectivity index (χ4v) is 1.22. The number of rotatable bonds is 8. The normalized spacial score (nSPS) is 14.1. The maximum atomic E-state index is 12.8. The van der Waals surface area contributed by atoms with Gasteiger partial charge in [0.15, 0.2) is 10.1 Å². The third-order valence-electron chi connectivity index (χ3n) is 2.69. The fourth-order valence-electron chi connectivity index (χ4n) is 0.873. The highest BCUT2D eigenvalue weighted by atomic mass is 32.2. The maximum absolute atomic E-state index is 12.8. The van der Waals surface area contributed by atoms with Gasteiger partial charge in [0.1, 0.15) is 6.61 Å². The largest absolute Gasteiger partial charge is 0.743 e. The van der Waals surface area contributed by atoms with Gasteiger partial charge in [-0.15, -0.1) is 0 Å². The van der Waals surface area contributed by atoms with Crippen molar-refractivity contribution in [2.75, 3.05) is 13.2 Å². The summed E-state index contributed by atoms with van der Waals surface area (Å²) in [6.45, 7) is 2.70. The van der Waals surface area contributed by atoms with Crippen LogP contribution in [-0.4, -0.2) is 43.5 Å². The molecule has 0 aliphatic rings. The minimum atomic E-state index is -6.61. The topological polar surface area (TPSA) is 92.7 Å². The quantitative estimate of drug-likeness (QED) is 0.289. The molecule has 0 aliphatic carbocycles. The standard InChI is InChI=1S/C10H16F4O6S/c1-4-8(2,3)7(15)19-5-6-20-9(11,12)10(13,14)21(16,17)18/h4-6H2,1-3H3,(H,16,17,18)/p-1. The minimum absolute atomic E-state index is 0.384. The van der Waals surface area contributed by atoms with Crippen molar-refractivity contribution in [3.8, 4) is 0 Å². The predicted molar refractivity (Wildman–Crippen MR) is 60.6 cm³/mol. The molecule has 11 heteroatoms. The Morgan fingerprint density at radius 3 is 2.00 bits per heavy atom. The summed E-state index contributed by atoms with van der Waals surface area (Å²) < 4.78 is 89.0. The van der Waals surface area contributed by atoms with Crippen LogP contribution in [0.25, 0.3) is 0 Å². The number of esters is 1. The van der Waals surface area contributed by atoms with Gasteiger partial charge in [-0.2, -0.15) is 17.6 Å². The van der Waals surface area contributed by atoms with Gasteiger partial charge in [0.2, 0.25) is 0 Å². The SMILES string of the molecule is CCC(C)(C)C(=O)OCCOC(F)(F)C(F)(F)S(=O)(=O)[O-]. The van der Waals surface area contributed by atoms with Crippen molar-refractivity contribution in [2.45, 2.75) is 38.6 Å². The van der Waals surface area contributed by atoms with Gasteiger partial charge >= 0.3 is 17.3 Å². The Labute approximate surface area is 119 Å². The molecule has 0 heterocycles. The number of halogens is 4. The molecule has 0 bridgehead atoms. The van der Waals surface area contributed by atoms with E-state index in [1.165, 1.54) is 13.8 Å². The van der Waals surface area contributed by atoms with Gasteiger partial charge in [-0.3, -0.25) is 4.79 Å². The molecule has 0 N–H and O–H groups in total. The number of carbonyl (C=O) groups excluding carboxylic acids is 1. The fraction of sp³-hybridized carbons (Fsp3) is 0.900. The second-order valence-corrected chi connectivity index (χ2v) is 6.13. The number of hydrogen-bond donors (Lipinski definition) is 0. The Morgan fingerprint density at radius 1 is 1.14 bits per heavy atom. The maximum Gasteiger partial charge on any atom is 0.433 e. The van der Waals surface area contributed by atoms with Crippen molar-refractivity contribution < 1.29 is 44.8 Å². The van der Waals surface area contributed by atoms with E-state index in [4.69, 9.17) is 0 Å². The van der Waals surface area contributed by atoms with Crippen LogP contribution in [0.5, 0.6) is 0 Å². The molecular weight excluding hydrogens is 324 g/mol. The second-order valence-electron chi connectivity index (χ2n) is 4.71. The van der Waals surface area contributed by atoms with E-state index in [0.717, 1.165) is 0 Å². The molecule has 0 aromatic heterocycles. The molecule has 0 unspecified atom stereocenters. The lowest BCUT2D eigenvalue weighted by atomic mass is 9.91. The first-order valence-electron chi connectivity index (χ1n) is 5.71. The second kappa shape index (κ2) is 6.44. The molecule has 0 aromatic carbocycles. The number of alkyl halides is 4. The molecule has 0 radical (unpaired) electrons. The smallest absolute Gasteiger partial charge is 0.433 e. The lowest BCUT2D eigenvalue weighted by Crippen LogP contribution is -2.49. The monoisotopic (exact) mass is 339 g/mol. The molecule has 0 saturated carbocycles. The molecule has 0 aromatic rings. The summed E-state index contributed by atoms with van der Waals surface area (Å²) in [6.07, 6.45) is -5.14. The summed E-state index contributed by atoms with van der Waals surface area (Å²) in [4.78, 5) is 11.4. The molecule has 126 valence electrons. The lowest BCUT2D eigenvalue weighted by Gasteiger charge is -2.27. The molecule has 0 aliphatic heterocycles. The molecule has 21 heavy (non-hydrogen) atoms. The molecule has 0 fully saturated rings. The third kappa shape index (κ3) is 4.78. The highest BCUT2D eigenvalue weighted by molar-refractivity contribution is 7.86. The van der Waals surface area contributed by atoms with Gasteiger partial charge < -0.3 is 14.0 Å². The highest BCUT2D eigenvalue weighted by Crippen LogP contribution is 2.38. The van der Waals surface area contributed by atoms with Crippen LogP contribution < -0.4 is 0 Å².